The van der Waals surface area contributed by atoms with Crippen molar-refractivity contribution in [1.29, 1.82) is 0 Å². The maximum Gasteiger partial charge on any atom is 0.416 e. The molecule has 100 valence electrons. The molecule has 2 unspecified atom stereocenters. The second-order valence-electron chi connectivity index (χ2n) is 4.79. The van der Waals surface area contributed by atoms with Gasteiger partial charge in [0.2, 0.25) is 0 Å². The first kappa shape index (κ1) is 12.3. The zero-order valence-electron chi connectivity index (χ0n) is 9.95. The van der Waals surface area contributed by atoms with Gasteiger partial charge in [0.1, 0.15) is 11.5 Å². The van der Waals surface area contributed by atoms with Crippen LogP contribution in [0.15, 0.2) is 40.8 Å². The van der Waals surface area contributed by atoms with Crippen molar-refractivity contribution in [1.82, 2.24) is 0 Å². The largest absolute Gasteiger partial charge is 0.461 e. The molecule has 0 amide bonds. The first-order valence-corrected chi connectivity index (χ1v) is 5.98. The van der Waals surface area contributed by atoms with Gasteiger partial charge < -0.3 is 10.2 Å². The summed E-state index contributed by atoms with van der Waals surface area (Å²) in [6.45, 7) is 0. The molecule has 5 heteroatoms. The monoisotopic (exact) mass is 267 g/mol. The number of furan rings is 1. The Bertz CT molecular complexity index is 603. The van der Waals surface area contributed by atoms with Crippen LogP contribution < -0.4 is 5.73 Å². The van der Waals surface area contributed by atoms with Gasteiger partial charge in [-0.3, -0.25) is 0 Å². The Kier molecular flexibility index (Phi) is 2.67. The fourth-order valence-electron chi connectivity index (χ4n) is 2.10. The van der Waals surface area contributed by atoms with Gasteiger partial charge in [0.25, 0.3) is 0 Å². The molecule has 1 saturated carbocycles. The Morgan fingerprint density at radius 1 is 1.16 bits per heavy atom. The minimum Gasteiger partial charge on any atom is -0.461 e. The van der Waals surface area contributed by atoms with Crippen LogP contribution in [0.25, 0.3) is 11.3 Å². The zero-order valence-corrected chi connectivity index (χ0v) is 9.95. The highest BCUT2D eigenvalue weighted by molar-refractivity contribution is 5.59. The number of nitrogens with two attached hydrogens (primary N) is 1. The van der Waals surface area contributed by atoms with E-state index in [0.717, 1.165) is 24.3 Å². The predicted octanol–water partition coefficient (Wildman–Crippen LogP) is 3.78. The fraction of sp³-hybridized carbons (Fsp3) is 0.286. The van der Waals surface area contributed by atoms with Crippen LogP contribution in [0, 0.1) is 0 Å². The summed E-state index contributed by atoms with van der Waals surface area (Å²) in [4.78, 5) is 0. The van der Waals surface area contributed by atoms with Crippen molar-refractivity contribution in [2.24, 2.45) is 5.73 Å². The van der Waals surface area contributed by atoms with E-state index in [4.69, 9.17) is 10.2 Å². The molecule has 1 aromatic heterocycles. The lowest BCUT2D eigenvalue weighted by Gasteiger charge is -2.07. The third-order valence-electron chi connectivity index (χ3n) is 3.31. The molecule has 0 aliphatic heterocycles. The van der Waals surface area contributed by atoms with Crippen LogP contribution in [0.4, 0.5) is 13.2 Å². The van der Waals surface area contributed by atoms with Gasteiger partial charge in [0.15, 0.2) is 0 Å². The number of benzene rings is 1. The lowest BCUT2D eigenvalue weighted by atomic mass is 10.1. The van der Waals surface area contributed by atoms with Crippen molar-refractivity contribution >= 4 is 0 Å². The molecule has 0 spiro atoms. The summed E-state index contributed by atoms with van der Waals surface area (Å²) in [6.07, 6.45) is -3.47. The van der Waals surface area contributed by atoms with Crippen molar-refractivity contribution in [2.45, 2.75) is 24.6 Å². The number of hydrogen-bond donors (Lipinski definition) is 1. The van der Waals surface area contributed by atoms with E-state index in [2.05, 4.69) is 0 Å². The highest BCUT2D eigenvalue weighted by Gasteiger charge is 2.37. The average Bonchev–Trinajstić information content (AvgIpc) is 2.91. The Morgan fingerprint density at radius 2 is 1.89 bits per heavy atom. The Morgan fingerprint density at radius 3 is 2.53 bits per heavy atom. The van der Waals surface area contributed by atoms with Gasteiger partial charge in [-0.05, 0) is 30.7 Å². The quantitative estimate of drug-likeness (QED) is 0.899. The molecule has 2 nitrogen and oxygen atoms in total. The Balaban J connectivity index is 1.91. The fourth-order valence-corrected chi connectivity index (χ4v) is 2.10. The Hall–Kier alpha value is -1.75. The third kappa shape index (κ3) is 2.38. The van der Waals surface area contributed by atoms with Crippen LogP contribution in [-0.4, -0.2) is 6.04 Å². The van der Waals surface area contributed by atoms with E-state index in [1.165, 1.54) is 6.07 Å². The SMILES string of the molecule is NC1CC1c1ccc(-c2cccc(C(F)(F)F)c2)o1. The van der Waals surface area contributed by atoms with Crippen molar-refractivity contribution < 1.29 is 17.6 Å². The van der Waals surface area contributed by atoms with E-state index in [1.807, 2.05) is 0 Å². The van der Waals surface area contributed by atoms with Gasteiger partial charge in [-0.2, -0.15) is 13.2 Å². The van der Waals surface area contributed by atoms with E-state index in [9.17, 15) is 13.2 Å². The van der Waals surface area contributed by atoms with E-state index < -0.39 is 11.7 Å². The van der Waals surface area contributed by atoms with Crippen LogP contribution in [0.3, 0.4) is 0 Å². The first-order chi connectivity index (χ1) is 8.95. The predicted molar refractivity (Wildman–Crippen MR) is 64.5 cm³/mol. The minimum absolute atomic E-state index is 0.112. The van der Waals surface area contributed by atoms with Crippen molar-refractivity contribution in [2.75, 3.05) is 0 Å². The van der Waals surface area contributed by atoms with Gasteiger partial charge in [-0.25, -0.2) is 0 Å². The van der Waals surface area contributed by atoms with Crippen molar-refractivity contribution in [3.05, 3.63) is 47.7 Å². The standard InChI is InChI=1S/C14H12F3NO/c15-14(16,17)9-3-1-2-8(6-9)12-4-5-13(19-12)10-7-11(10)18/h1-6,10-11H,7,18H2. The average molecular weight is 267 g/mol. The normalized spacial score (nSPS) is 22.5. The second kappa shape index (κ2) is 4.13. The van der Waals surface area contributed by atoms with Crippen molar-refractivity contribution in [3.63, 3.8) is 0 Å². The number of rotatable bonds is 2. The van der Waals surface area contributed by atoms with Crippen LogP contribution in [0.2, 0.25) is 0 Å². The van der Waals surface area contributed by atoms with Gasteiger partial charge in [0.05, 0.1) is 5.56 Å². The third-order valence-corrected chi connectivity index (χ3v) is 3.31. The van der Waals surface area contributed by atoms with Crippen molar-refractivity contribution in [3.8, 4) is 11.3 Å². The molecule has 2 N–H and O–H groups in total. The maximum absolute atomic E-state index is 12.6. The molecule has 0 bridgehead atoms. The van der Waals surface area contributed by atoms with Gasteiger partial charge in [-0.15, -0.1) is 0 Å². The summed E-state index contributed by atoms with van der Waals surface area (Å²) in [5, 5.41) is 0. The molecular formula is C14H12F3NO. The molecule has 1 aliphatic carbocycles. The van der Waals surface area contributed by atoms with E-state index in [-0.39, 0.29) is 12.0 Å². The molecule has 0 radical (unpaired) electrons. The highest BCUT2D eigenvalue weighted by Crippen LogP contribution is 2.41. The molecule has 19 heavy (non-hydrogen) atoms. The summed E-state index contributed by atoms with van der Waals surface area (Å²) >= 11 is 0. The molecule has 1 fully saturated rings. The minimum atomic E-state index is -4.34. The first-order valence-electron chi connectivity index (χ1n) is 5.98. The van der Waals surface area contributed by atoms with Crippen LogP contribution in [0.5, 0.6) is 0 Å². The van der Waals surface area contributed by atoms with Crippen LogP contribution >= 0.6 is 0 Å². The molecule has 2 aromatic rings. The summed E-state index contributed by atoms with van der Waals surface area (Å²) < 4.78 is 43.5. The van der Waals surface area contributed by atoms with E-state index >= 15 is 0 Å². The summed E-state index contributed by atoms with van der Waals surface area (Å²) in [7, 11) is 0. The topological polar surface area (TPSA) is 39.2 Å². The number of hydrogen-bond acceptors (Lipinski definition) is 2. The lowest BCUT2D eigenvalue weighted by molar-refractivity contribution is -0.137. The van der Waals surface area contributed by atoms with Gasteiger partial charge >= 0.3 is 6.18 Å². The molecule has 0 saturated heterocycles. The summed E-state index contributed by atoms with van der Waals surface area (Å²) in [5.74, 6) is 1.40. The van der Waals surface area contributed by atoms with E-state index in [0.29, 0.717) is 11.3 Å². The molecular weight excluding hydrogens is 255 g/mol. The maximum atomic E-state index is 12.6. The lowest BCUT2D eigenvalue weighted by Crippen LogP contribution is -2.04. The molecule has 1 aliphatic rings. The molecule has 1 aromatic carbocycles. The molecule has 1 heterocycles. The van der Waals surface area contributed by atoms with Gasteiger partial charge in [0, 0.05) is 17.5 Å². The van der Waals surface area contributed by atoms with E-state index in [1.54, 1.807) is 18.2 Å². The molecule has 2 atom stereocenters. The number of alkyl halides is 3. The van der Waals surface area contributed by atoms with Crippen LogP contribution in [0.1, 0.15) is 23.7 Å². The zero-order chi connectivity index (χ0) is 13.6. The number of halogens is 3. The highest BCUT2D eigenvalue weighted by atomic mass is 19.4. The van der Waals surface area contributed by atoms with Crippen LogP contribution in [-0.2, 0) is 6.18 Å². The molecule has 3 rings (SSSR count). The second-order valence-corrected chi connectivity index (χ2v) is 4.79. The summed E-state index contributed by atoms with van der Waals surface area (Å²) in [5.41, 5.74) is 5.47. The Labute approximate surface area is 108 Å². The van der Waals surface area contributed by atoms with Gasteiger partial charge in [-0.1, -0.05) is 12.1 Å². The summed E-state index contributed by atoms with van der Waals surface area (Å²) in [6, 6.07) is 8.71. The smallest absolute Gasteiger partial charge is 0.416 e.